The predicted octanol–water partition coefficient (Wildman–Crippen LogP) is 6.88. The molecule has 0 saturated heterocycles. The van der Waals surface area contributed by atoms with Crippen molar-refractivity contribution < 1.29 is 22.4 Å². The molecule has 4 aromatic carbocycles. The number of hydrogen-bond donors (Lipinski definition) is 1. The summed E-state index contributed by atoms with van der Waals surface area (Å²) >= 11 is 12.3. The smallest absolute Gasteiger partial charge is 0.264 e. The average Bonchev–Trinajstić information content (AvgIpc) is 3.02. The molecule has 0 aliphatic rings. The molecule has 0 spiro atoms. The Kier molecular flexibility index (Phi) is 11.6. The van der Waals surface area contributed by atoms with Crippen molar-refractivity contribution in [3.05, 3.63) is 130 Å². The van der Waals surface area contributed by atoms with Crippen LogP contribution < -0.4 is 9.62 Å². The minimum atomic E-state index is -4.33. The van der Waals surface area contributed by atoms with Crippen molar-refractivity contribution in [3.63, 3.8) is 0 Å². The number of hydrogen-bond acceptors (Lipinski definition) is 4. The first kappa shape index (κ1) is 34.0. The summed E-state index contributed by atoms with van der Waals surface area (Å²) in [5, 5.41) is 3.55. The van der Waals surface area contributed by atoms with Gasteiger partial charge >= 0.3 is 0 Å². The van der Waals surface area contributed by atoms with E-state index in [0.29, 0.717) is 11.4 Å². The van der Waals surface area contributed by atoms with Gasteiger partial charge in [0.15, 0.2) is 0 Å². The van der Waals surface area contributed by atoms with Crippen molar-refractivity contribution in [2.45, 2.75) is 50.2 Å². The summed E-state index contributed by atoms with van der Waals surface area (Å²) in [7, 11) is -4.33. The molecule has 0 bridgehead atoms. The summed E-state index contributed by atoms with van der Waals surface area (Å²) in [5.74, 6) is -1.71. The number of rotatable bonds is 13. The van der Waals surface area contributed by atoms with E-state index in [9.17, 15) is 18.0 Å². The van der Waals surface area contributed by atoms with Gasteiger partial charge in [0, 0.05) is 34.6 Å². The van der Waals surface area contributed by atoms with Gasteiger partial charge in [-0.05, 0) is 67.4 Å². The van der Waals surface area contributed by atoms with E-state index in [2.05, 4.69) is 5.32 Å². The van der Waals surface area contributed by atoms with Gasteiger partial charge in [-0.25, -0.2) is 12.8 Å². The second kappa shape index (κ2) is 15.4. The Balaban J connectivity index is 1.82. The third-order valence-electron chi connectivity index (χ3n) is 7.35. The number of nitrogens with one attached hydrogen (secondary N) is 1. The lowest BCUT2D eigenvalue weighted by Crippen LogP contribution is -2.54. The van der Waals surface area contributed by atoms with Crippen LogP contribution in [0.5, 0.6) is 0 Å². The van der Waals surface area contributed by atoms with Gasteiger partial charge in [-0.3, -0.25) is 13.9 Å². The zero-order chi connectivity index (χ0) is 32.6. The normalized spacial score (nSPS) is 12.6. The number of nitrogens with zero attached hydrogens (tertiary/aromatic N) is 2. The standard InChI is InChI=1S/C34H34Cl2FN3O4S/c1-3-24(2)38-34(42)32(20-25-10-5-4-6-11-25)39(22-26-12-7-8-15-31(26)37)33(41)23-40(29-14-9-13-28(36)21-29)45(43,44)30-18-16-27(35)17-19-30/h4-19,21,24,32H,3,20,22-23H2,1-2H3,(H,38,42). The zero-order valence-corrected chi connectivity index (χ0v) is 27.2. The summed E-state index contributed by atoms with van der Waals surface area (Å²) < 4.78 is 44.0. The number of carbonyl (C=O) groups excluding carboxylic acids is 2. The molecule has 45 heavy (non-hydrogen) atoms. The lowest BCUT2D eigenvalue weighted by Gasteiger charge is -2.34. The molecule has 2 amide bonds. The molecule has 7 nitrogen and oxygen atoms in total. The maximum absolute atomic E-state index is 15.0. The molecule has 2 atom stereocenters. The molecule has 4 rings (SSSR count). The molecule has 0 aliphatic carbocycles. The molecule has 0 aliphatic heterocycles. The quantitative estimate of drug-likeness (QED) is 0.168. The minimum Gasteiger partial charge on any atom is -0.352 e. The topological polar surface area (TPSA) is 86.8 Å². The highest BCUT2D eigenvalue weighted by Crippen LogP contribution is 2.28. The Morgan fingerprint density at radius 1 is 0.867 bits per heavy atom. The van der Waals surface area contributed by atoms with Crippen LogP contribution in [0.4, 0.5) is 10.1 Å². The van der Waals surface area contributed by atoms with Crippen LogP contribution in [0.3, 0.4) is 0 Å². The number of amides is 2. The lowest BCUT2D eigenvalue weighted by atomic mass is 10.0. The van der Waals surface area contributed by atoms with E-state index in [1.54, 1.807) is 18.2 Å². The summed E-state index contributed by atoms with van der Waals surface area (Å²) in [4.78, 5) is 29.4. The summed E-state index contributed by atoms with van der Waals surface area (Å²) in [6, 6.07) is 25.5. The number of benzene rings is 4. The summed E-state index contributed by atoms with van der Waals surface area (Å²) in [5.41, 5.74) is 1.09. The molecular formula is C34H34Cl2FN3O4S. The summed E-state index contributed by atoms with van der Waals surface area (Å²) in [6.07, 6.45) is 0.761. The molecule has 0 radical (unpaired) electrons. The SMILES string of the molecule is CCC(C)NC(=O)C(Cc1ccccc1)N(Cc1ccccc1F)C(=O)CN(c1cccc(Cl)c1)S(=O)(=O)c1ccc(Cl)cc1. The first-order chi connectivity index (χ1) is 21.5. The van der Waals surface area contributed by atoms with Crippen LogP contribution in [0.25, 0.3) is 0 Å². The monoisotopic (exact) mass is 669 g/mol. The Bertz CT molecular complexity index is 1720. The molecule has 0 saturated carbocycles. The highest BCUT2D eigenvalue weighted by molar-refractivity contribution is 7.92. The molecule has 2 unspecified atom stereocenters. The fourth-order valence-electron chi connectivity index (χ4n) is 4.70. The van der Waals surface area contributed by atoms with E-state index < -0.39 is 40.2 Å². The van der Waals surface area contributed by atoms with Crippen LogP contribution in [-0.4, -0.2) is 43.8 Å². The van der Waals surface area contributed by atoms with Gasteiger partial charge in [0.05, 0.1) is 10.6 Å². The highest BCUT2D eigenvalue weighted by Gasteiger charge is 2.35. The van der Waals surface area contributed by atoms with Gasteiger partial charge in [-0.1, -0.05) is 84.7 Å². The van der Waals surface area contributed by atoms with Crippen molar-refractivity contribution >= 4 is 50.7 Å². The van der Waals surface area contributed by atoms with E-state index in [0.717, 1.165) is 9.87 Å². The molecule has 4 aromatic rings. The van der Waals surface area contributed by atoms with Crippen LogP contribution >= 0.6 is 23.2 Å². The number of anilines is 1. The van der Waals surface area contributed by atoms with Gasteiger partial charge in [-0.15, -0.1) is 0 Å². The molecule has 0 heterocycles. The van der Waals surface area contributed by atoms with Gasteiger partial charge in [-0.2, -0.15) is 0 Å². The van der Waals surface area contributed by atoms with Crippen LogP contribution in [-0.2, 0) is 32.6 Å². The number of halogens is 3. The van der Waals surface area contributed by atoms with Gasteiger partial charge < -0.3 is 10.2 Å². The van der Waals surface area contributed by atoms with Gasteiger partial charge in [0.1, 0.15) is 18.4 Å². The Labute approximate surface area is 273 Å². The fourth-order valence-corrected chi connectivity index (χ4v) is 6.42. The first-order valence-corrected chi connectivity index (χ1v) is 16.6. The number of sulfonamides is 1. The fraction of sp³-hybridized carbons (Fsp3) is 0.235. The largest absolute Gasteiger partial charge is 0.352 e. The Morgan fingerprint density at radius 2 is 1.53 bits per heavy atom. The molecule has 0 aromatic heterocycles. The van der Waals surface area contributed by atoms with Gasteiger partial charge in [0.25, 0.3) is 10.0 Å². The average molecular weight is 671 g/mol. The van der Waals surface area contributed by atoms with E-state index in [4.69, 9.17) is 23.2 Å². The molecule has 0 fully saturated rings. The van der Waals surface area contributed by atoms with Crippen LogP contribution in [0.1, 0.15) is 31.4 Å². The number of carbonyl (C=O) groups is 2. The highest BCUT2D eigenvalue weighted by atomic mass is 35.5. The minimum absolute atomic E-state index is 0.101. The van der Waals surface area contributed by atoms with E-state index in [1.807, 2.05) is 44.2 Å². The first-order valence-electron chi connectivity index (χ1n) is 14.4. The summed E-state index contributed by atoms with van der Waals surface area (Å²) in [6.45, 7) is 2.80. The molecule has 11 heteroatoms. The second-order valence-corrected chi connectivity index (χ2v) is 13.3. The van der Waals surface area contributed by atoms with Gasteiger partial charge in [0.2, 0.25) is 11.8 Å². The molecular weight excluding hydrogens is 636 g/mol. The molecule has 1 N–H and O–H groups in total. The lowest BCUT2D eigenvalue weighted by molar-refractivity contribution is -0.140. The van der Waals surface area contributed by atoms with E-state index >= 15 is 4.39 Å². The van der Waals surface area contributed by atoms with Crippen molar-refractivity contribution in [2.75, 3.05) is 10.8 Å². The van der Waals surface area contributed by atoms with Crippen molar-refractivity contribution in [3.8, 4) is 0 Å². The maximum Gasteiger partial charge on any atom is 0.264 e. The Hall–Kier alpha value is -3.92. The zero-order valence-electron chi connectivity index (χ0n) is 24.9. The van der Waals surface area contributed by atoms with Crippen LogP contribution in [0.2, 0.25) is 10.0 Å². The van der Waals surface area contributed by atoms with Crippen LogP contribution in [0.15, 0.2) is 108 Å². The van der Waals surface area contributed by atoms with E-state index in [1.165, 1.54) is 59.5 Å². The Morgan fingerprint density at radius 3 is 2.18 bits per heavy atom. The molecule has 236 valence electrons. The second-order valence-electron chi connectivity index (χ2n) is 10.6. The van der Waals surface area contributed by atoms with Crippen molar-refractivity contribution in [1.29, 1.82) is 0 Å². The van der Waals surface area contributed by atoms with E-state index in [-0.39, 0.29) is 40.2 Å². The van der Waals surface area contributed by atoms with Crippen LogP contribution in [0, 0.1) is 5.82 Å². The third-order valence-corrected chi connectivity index (χ3v) is 9.62. The maximum atomic E-state index is 15.0. The van der Waals surface area contributed by atoms with Crippen molar-refractivity contribution in [1.82, 2.24) is 10.2 Å². The third kappa shape index (κ3) is 8.84. The predicted molar refractivity (Wildman–Crippen MR) is 176 cm³/mol. The van der Waals surface area contributed by atoms with Crippen molar-refractivity contribution in [2.24, 2.45) is 0 Å².